The monoisotopic (exact) mass is 252 g/mol. The minimum Gasteiger partial charge on any atom is -0.464 e. The molecule has 1 fully saturated rings. The summed E-state index contributed by atoms with van der Waals surface area (Å²) in [5, 5.41) is 0.599. The van der Waals surface area contributed by atoms with Crippen LogP contribution >= 0.6 is 0 Å². The predicted octanol–water partition coefficient (Wildman–Crippen LogP) is 2.86. The Balaban J connectivity index is 1.85. The van der Waals surface area contributed by atoms with E-state index in [0.29, 0.717) is 16.9 Å². The molecular formula is C15H12N2O2. The van der Waals surface area contributed by atoms with E-state index in [1.807, 2.05) is 29.0 Å². The van der Waals surface area contributed by atoms with E-state index in [1.54, 1.807) is 6.33 Å². The van der Waals surface area contributed by atoms with Crippen molar-refractivity contribution in [2.75, 3.05) is 0 Å². The van der Waals surface area contributed by atoms with Crippen LogP contribution in [-0.4, -0.2) is 9.55 Å². The minimum absolute atomic E-state index is 0.0226. The Morgan fingerprint density at radius 2 is 2.16 bits per heavy atom. The van der Waals surface area contributed by atoms with E-state index >= 15 is 0 Å². The number of imidazole rings is 1. The highest BCUT2D eigenvalue weighted by molar-refractivity contribution is 5.78. The highest BCUT2D eigenvalue weighted by Gasteiger charge is 2.25. The summed E-state index contributed by atoms with van der Waals surface area (Å²) in [4.78, 5) is 16.2. The van der Waals surface area contributed by atoms with Crippen molar-refractivity contribution in [1.29, 1.82) is 0 Å². The Kier molecular flexibility index (Phi) is 2.12. The fourth-order valence-corrected chi connectivity index (χ4v) is 2.30. The summed E-state index contributed by atoms with van der Waals surface area (Å²) >= 11 is 0. The largest absolute Gasteiger partial charge is 0.464 e. The van der Waals surface area contributed by atoms with E-state index in [-0.39, 0.29) is 5.43 Å². The van der Waals surface area contributed by atoms with Crippen LogP contribution in [0.2, 0.25) is 0 Å². The standard InChI is InChI=1S/C15H12N2O2/c18-14-5-6-19-15-4-3-11(7-12(14)15)17-8-13(16-9-17)10-1-2-10/h3-10H,1-2H2. The first kappa shape index (κ1) is 10.6. The smallest absolute Gasteiger partial charge is 0.192 e. The fraction of sp³-hybridized carbons (Fsp3) is 0.200. The normalized spacial score (nSPS) is 14.9. The third-order valence-corrected chi connectivity index (χ3v) is 3.54. The van der Waals surface area contributed by atoms with Gasteiger partial charge in [0, 0.05) is 23.9 Å². The highest BCUT2D eigenvalue weighted by atomic mass is 16.3. The van der Waals surface area contributed by atoms with Gasteiger partial charge in [-0.15, -0.1) is 0 Å². The molecule has 0 N–H and O–H groups in total. The molecule has 1 aliphatic rings. The van der Waals surface area contributed by atoms with Gasteiger partial charge in [0.1, 0.15) is 5.58 Å². The van der Waals surface area contributed by atoms with Crippen LogP contribution in [0.3, 0.4) is 0 Å². The molecule has 4 nitrogen and oxygen atoms in total. The molecule has 1 saturated carbocycles. The average Bonchev–Trinajstić information content (AvgIpc) is 3.17. The quantitative estimate of drug-likeness (QED) is 0.704. The van der Waals surface area contributed by atoms with Gasteiger partial charge in [-0.2, -0.15) is 0 Å². The Hall–Kier alpha value is -2.36. The van der Waals surface area contributed by atoms with Gasteiger partial charge in [0.15, 0.2) is 5.43 Å². The molecule has 0 atom stereocenters. The lowest BCUT2D eigenvalue weighted by molar-refractivity contribution is 0.602. The zero-order valence-electron chi connectivity index (χ0n) is 10.2. The van der Waals surface area contributed by atoms with Crippen molar-refractivity contribution < 1.29 is 4.42 Å². The number of aromatic nitrogens is 2. The van der Waals surface area contributed by atoms with Gasteiger partial charge in [0.2, 0.25) is 0 Å². The van der Waals surface area contributed by atoms with Crippen molar-refractivity contribution in [1.82, 2.24) is 9.55 Å². The molecule has 94 valence electrons. The van der Waals surface area contributed by atoms with Gasteiger partial charge >= 0.3 is 0 Å². The number of benzene rings is 1. The summed E-state index contributed by atoms with van der Waals surface area (Å²) in [6.45, 7) is 0. The Labute approximate surface area is 109 Å². The number of fused-ring (bicyclic) bond motifs is 1. The van der Waals surface area contributed by atoms with Gasteiger partial charge < -0.3 is 8.98 Å². The molecule has 1 aliphatic carbocycles. The maximum atomic E-state index is 11.8. The van der Waals surface area contributed by atoms with Crippen molar-refractivity contribution in [3.63, 3.8) is 0 Å². The summed E-state index contributed by atoms with van der Waals surface area (Å²) in [5.41, 5.74) is 2.66. The van der Waals surface area contributed by atoms with Crippen LogP contribution in [-0.2, 0) is 0 Å². The average molecular weight is 252 g/mol. The first-order valence-corrected chi connectivity index (χ1v) is 6.37. The van der Waals surface area contributed by atoms with Gasteiger partial charge in [0.25, 0.3) is 0 Å². The Morgan fingerprint density at radius 1 is 1.26 bits per heavy atom. The van der Waals surface area contributed by atoms with Crippen molar-refractivity contribution in [2.45, 2.75) is 18.8 Å². The Morgan fingerprint density at radius 3 is 3.00 bits per heavy atom. The summed E-state index contributed by atoms with van der Waals surface area (Å²) in [6, 6.07) is 7.04. The maximum absolute atomic E-state index is 11.8. The van der Waals surface area contributed by atoms with Crippen LogP contribution in [0.15, 0.2) is 52.3 Å². The van der Waals surface area contributed by atoms with E-state index < -0.39 is 0 Å². The summed E-state index contributed by atoms with van der Waals surface area (Å²) in [5.74, 6) is 0.631. The minimum atomic E-state index is -0.0226. The first-order chi connectivity index (χ1) is 9.31. The van der Waals surface area contributed by atoms with Crippen molar-refractivity contribution in [3.8, 4) is 5.69 Å². The zero-order chi connectivity index (χ0) is 12.8. The lowest BCUT2D eigenvalue weighted by atomic mass is 10.2. The molecule has 0 bridgehead atoms. The molecule has 0 unspecified atom stereocenters. The lowest BCUT2D eigenvalue weighted by Gasteiger charge is -2.03. The van der Waals surface area contributed by atoms with E-state index in [0.717, 1.165) is 11.4 Å². The third kappa shape index (κ3) is 1.76. The second-order valence-corrected chi connectivity index (χ2v) is 4.95. The first-order valence-electron chi connectivity index (χ1n) is 6.37. The molecule has 2 heterocycles. The van der Waals surface area contributed by atoms with Crippen LogP contribution in [0.1, 0.15) is 24.5 Å². The van der Waals surface area contributed by atoms with Crippen LogP contribution in [0.25, 0.3) is 16.7 Å². The molecule has 0 amide bonds. The summed E-state index contributed by atoms with van der Waals surface area (Å²) < 4.78 is 7.27. The molecule has 2 aromatic heterocycles. The van der Waals surface area contributed by atoms with Crippen LogP contribution in [0.5, 0.6) is 0 Å². The van der Waals surface area contributed by atoms with Crippen molar-refractivity contribution in [2.24, 2.45) is 0 Å². The SMILES string of the molecule is O=c1ccoc2ccc(-n3cnc(C4CC4)c3)cc12. The molecule has 4 rings (SSSR count). The molecule has 3 aromatic rings. The molecule has 19 heavy (non-hydrogen) atoms. The number of nitrogens with zero attached hydrogens (tertiary/aromatic N) is 2. The third-order valence-electron chi connectivity index (χ3n) is 3.54. The van der Waals surface area contributed by atoms with Crippen LogP contribution in [0.4, 0.5) is 0 Å². The second kappa shape index (κ2) is 3.82. The van der Waals surface area contributed by atoms with Gasteiger partial charge in [-0.05, 0) is 31.0 Å². The molecular weight excluding hydrogens is 240 g/mol. The van der Waals surface area contributed by atoms with Gasteiger partial charge in [-0.3, -0.25) is 4.79 Å². The summed E-state index contributed by atoms with van der Waals surface area (Å²) in [7, 11) is 0. The van der Waals surface area contributed by atoms with Crippen molar-refractivity contribution >= 4 is 11.0 Å². The molecule has 4 heteroatoms. The molecule has 0 spiro atoms. The zero-order valence-corrected chi connectivity index (χ0v) is 10.2. The van der Waals surface area contributed by atoms with Crippen LogP contribution in [0, 0.1) is 0 Å². The van der Waals surface area contributed by atoms with Crippen molar-refractivity contribution in [3.05, 3.63) is 59.0 Å². The van der Waals surface area contributed by atoms with Gasteiger partial charge in [0.05, 0.1) is 23.7 Å². The highest BCUT2D eigenvalue weighted by Crippen LogP contribution is 2.39. The fourth-order valence-electron chi connectivity index (χ4n) is 2.30. The predicted molar refractivity (Wildman–Crippen MR) is 71.6 cm³/mol. The number of rotatable bonds is 2. The molecule has 0 saturated heterocycles. The second-order valence-electron chi connectivity index (χ2n) is 4.95. The number of hydrogen-bond acceptors (Lipinski definition) is 3. The van der Waals surface area contributed by atoms with E-state index in [1.165, 1.54) is 25.2 Å². The van der Waals surface area contributed by atoms with Gasteiger partial charge in [-0.1, -0.05) is 0 Å². The Bertz CT molecular complexity index is 812. The van der Waals surface area contributed by atoms with E-state index in [4.69, 9.17) is 4.42 Å². The maximum Gasteiger partial charge on any atom is 0.192 e. The lowest BCUT2D eigenvalue weighted by Crippen LogP contribution is -1.99. The molecule has 1 aromatic carbocycles. The van der Waals surface area contributed by atoms with E-state index in [9.17, 15) is 4.79 Å². The van der Waals surface area contributed by atoms with Crippen LogP contribution < -0.4 is 5.43 Å². The van der Waals surface area contributed by atoms with E-state index in [2.05, 4.69) is 4.98 Å². The topological polar surface area (TPSA) is 48.0 Å². The summed E-state index contributed by atoms with van der Waals surface area (Å²) in [6.07, 6.45) is 7.74. The van der Waals surface area contributed by atoms with Gasteiger partial charge in [-0.25, -0.2) is 4.98 Å². The number of hydrogen-bond donors (Lipinski definition) is 0. The molecule has 0 radical (unpaired) electrons. The molecule has 0 aliphatic heterocycles.